The van der Waals surface area contributed by atoms with Gasteiger partial charge in [-0.05, 0) is 33.6 Å². The molecule has 0 aliphatic carbocycles. The maximum Gasteiger partial charge on any atom is 0.239 e. The summed E-state index contributed by atoms with van der Waals surface area (Å²) in [4.78, 5) is 13.7. The van der Waals surface area contributed by atoms with Crippen molar-refractivity contribution in [2.75, 3.05) is 19.8 Å². The van der Waals surface area contributed by atoms with Crippen molar-refractivity contribution in [1.82, 2.24) is 0 Å². The molecule has 2 aromatic carbocycles. The third-order valence-electron chi connectivity index (χ3n) is 5.10. The zero-order valence-corrected chi connectivity index (χ0v) is 19.0. The number of benzene rings is 2. The molecule has 5 heteroatoms. The van der Waals surface area contributed by atoms with Crippen molar-refractivity contribution in [3.63, 3.8) is 0 Å². The highest BCUT2D eigenvalue weighted by Gasteiger charge is 2.24. The van der Waals surface area contributed by atoms with Gasteiger partial charge < -0.3 is 18.6 Å². The predicted octanol–water partition coefficient (Wildman–Crippen LogP) is 6.39. The van der Waals surface area contributed by atoms with E-state index in [0.717, 1.165) is 36.8 Å². The van der Waals surface area contributed by atoms with Gasteiger partial charge in [-0.15, -0.1) is 0 Å². The van der Waals surface area contributed by atoms with E-state index in [1.54, 1.807) is 0 Å². The monoisotopic (exact) mass is 424 g/mol. The summed E-state index contributed by atoms with van der Waals surface area (Å²) in [7, 11) is 0. The predicted molar refractivity (Wildman–Crippen MR) is 125 cm³/mol. The fourth-order valence-corrected chi connectivity index (χ4v) is 3.75. The van der Waals surface area contributed by atoms with Gasteiger partial charge in [0.1, 0.15) is 22.5 Å². The maximum absolute atomic E-state index is 13.7. The molecule has 3 rings (SSSR count). The van der Waals surface area contributed by atoms with Gasteiger partial charge in [0.15, 0.2) is 5.76 Å². The van der Waals surface area contributed by atoms with Gasteiger partial charge in [-0.2, -0.15) is 0 Å². The van der Waals surface area contributed by atoms with Crippen molar-refractivity contribution in [3.8, 4) is 28.6 Å². The molecule has 0 saturated heterocycles. The van der Waals surface area contributed by atoms with Gasteiger partial charge in [0.2, 0.25) is 11.2 Å². The molecule has 5 nitrogen and oxygen atoms in total. The Balaban J connectivity index is 2.34. The summed E-state index contributed by atoms with van der Waals surface area (Å²) in [5.41, 5.74) is 1.93. The standard InChI is InChI=1S/C26H32O5/c1-5-9-11-16-19-20(28-6-2)17-21-22(25(19)29-7-3)23(27)26(30-8-4)24(31-21)18-14-12-10-13-15-18/h10,12-15,17H,5-9,11,16H2,1-4H3. The summed E-state index contributed by atoms with van der Waals surface area (Å²) in [5.74, 6) is 1.89. The second-order valence-corrected chi connectivity index (χ2v) is 7.27. The minimum atomic E-state index is -0.217. The van der Waals surface area contributed by atoms with Gasteiger partial charge in [0.05, 0.1) is 19.8 Å². The molecule has 0 fully saturated rings. The second-order valence-electron chi connectivity index (χ2n) is 7.27. The second kappa shape index (κ2) is 10.9. The van der Waals surface area contributed by atoms with E-state index in [-0.39, 0.29) is 11.2 Å². The average Bonchev–Trinajstić information content (AvgIpc) is 2.78. The molecular weight excluding hydrogens is 392 g/mol. The van der Waals surface area contributed by atoms with Gasteiger partial charge in [-0.3, -0.25) is 4.79 Å². The van der Waals surface area contributed by atoms with Gasteiger partial charge in [0, 0.05) is 17.2 Å². The molecule has 0 saturated carbocycles. The largest absolute Gasteiger partial charge is 0.493 e. The number of hydrogen-bond acceptors (Lipinski definition) is 5. The molecule has 31 heavy (non-hydrogen) atoms. The molecular formula is C26H32O5. The number of unbranched alkanes of at least 4 members (excludes halogenated alkanes) is 2. The topological polar surface area (TPSA) is 57.9 Å². The van der Waals surface area contributed by atoms with Crippen LogP contribution in [0.1, 0.15) is 52.5 Å². The maximum atomic E-state index is 13.7. The zero-order chi connectivity index (χ0) is 22.2. The molecule has 1 heterocycles. The number of fused-ring (bicyclic) bond motifs is 1. The molecule has 0 aliphatic heterocycles. The first kappa shape index (κ1) is 22.7. The van der Waals surface area contributed by atoms with Crippen LogP contribution in [0.4, 0.5) is 0 Å². The first-order chi connectivity index (χ1) is 15.2. The summed E-state index contributed by atoms with van der Waals surface area (Å²) in [6.07, 6.45) is 3.98. The van der Waals surface area contributed by atoms with E-state index in [9.17, 15) is 4.79 Å². The Morgan fingerprint density at radius 1 is 0.839 bits per heavy atom. The highest BCUT2D eigenvalue weighted by molar-refractivity contribution is 5.90. The molecule has 0 unspecified atom stereocenters. The Labute approximate surface area is 183 Å². The van der Waals surface area contributed by atoms with Crippen molar-refractivity contribution in [3.05, 3.63) is 52.2 Å². The van der Waals surface area contributed by atoms with E-state index >= 15 is 0 Å². The lowest BCUT2D eigenvalue weighted by Gasteiger charge is -2.19. The Kier molecular flexibility index (Phi) is 7.99. The Hall–Kier alpha value is -2.95. The van der Waals surface area contributed by atoms with Crippen LogP contribution in [0.25, 0.3) is 22.3 Å². The molecule has 0 radical (unpaired) electrons. The van der Waals surface area contributed by atoms with E-state index < -0.39 is 0 Å². The summed E-state index contributed by atoms with van der Waals surface area (Å²) in [6.45, 7) is 9.21. The van der Waals surface area contributed by atoms with Gasteiger partial charge in [0.25, 0.3) is 0 Å². The Morgan fingerprint density at radius 2 is 1.52 bits per heavy atom. The van der Waals surface area contributed by atoms with E-state index in [0.29, 0.717) is 48.0 Å². The van der Waals surface area contributed by atoms with Gasteiger partial charge in [-0.25, -0.2) is 0 Å². The third kappa shape index (κ3) is 4.87. The van der Waals surface area contributed by atoms with Crippen LogP contribution in [0, 0.1) is 0 Å². The summed E-state index contributed by atoms with van der Waals surface area (Å²) in [6, 6.07) is 11.4. The van der Waals surface area contributed by atoms with Crippen LogP contribution in [-0.4, -0.2) is 19.8 Å². The summed E-state index contributed by atoms with van der Waals surface area (Å²) in [5, 5.41) is 0.417. The van der Waals surface area contributed by atoms with E-state index in [1.807, 2.05) is 57.2 Å². The van der Waals surface area contributed by atoms with Crippen LogP contribution in [0.2, 0.25) is 0 Å². The number of rotatable bonds is 11. The van der Waals surface area contributed by atoms with Crippen molar-refractivity contribution in [2.45, 2.75) is 53.4 Å². The fraction of sp³-hybridized carbons (Fsp3) is 0.423. The summed E-state index contributed by atoms with van der Waals surface area (Å²) < 4.78 is 24.1. The van der Waals surface area contributed by atoms with E-state index in [2.05, 4.69) is 6.92 Å². The normalized spacial score (nSPS) is 11.0. The van der Waals surface area contributed by atoms with E-state index in [1.165, 1.54) is 0 Å². The van der Waals surface area contributed by atoms with Gasteiger partial charge in [-0.1, -0.05) is 50.1 Å². The van der Waals surface area contributed by atoms with Crippen molar-refractivity contribution >= 4 is 11.0 Å². The first-order valence-corrected chi connectivity index (χ1v) is 11.3. The number of hydrogen-bond donors (Lipinski definition) is 0. The van der Waals surface area contributed by atoms with Crippen LogP contribution >= 0.6 is 0 Å². The van der Waals surface area contributed by atoms with Gasteiger partial charge >= 0.3 is 0 Å². The van der Waals surface area contributed by atoms with Crippen LogP contribution in [0.15, 0.2) is 45.6 Å². The van der Waals surface area contributed by atoms with Crippen molar-refractivity contribution in [1.29, 1.82) is 0 Å². The molecule has 0 amide bonds. The van der Waals surface area contributed by atoms with Crippen molar-refractivity contribution in [2.24, 2.45) is 0 Å². The van der Waals surface area contributed by atoms with E-state index in [4.69, 9.17) is 18.6 Å². The first-order valence-electron chi connectivity index (χ1n) is 11.3. The van der Waals surface area contributed by atoms with Crippen LogP contribution in [-0.2, 0) is 6.42 Å². The lowest BCUT2D eigenvalue weighted by Crippen LogP contribution is -2.13. The molecule has 0 N–H and O–H groups in total. The smallest absolute Gasteiger partial charge is 0.239 e. The average molecular weight is 425 g/mol. The quantitative estimate of drug-likeness (QED) is 0.334. The minimum Gasteiger partial charge on any atom is -0.493 e. The summed E-state index contributed by atoms with van der Waals surface area (Å²) >= 11 is 0. The fourth-order valence-electron chi connectivity index (χ4n) is 3.75. The molecule has 0 spiro atoms. The molecule has 3 aromatic rings. The van der Waals surface area contributed by atoms with Crippen LogP contribution < -0.4 is 19.6 Å². The van der Waals surface area contributed by atoms with Crippen LogP contribution in [0.3, 0.4) is 0 Å². The molecule has 166 valence electrons. The Morgan fingerprint density at radius 3 is 2.16 bits per heavy atom. The molecule has 0 bridgehead atoms. The highest BCUT2D eigenvalue weighted by Crippen LogP contribution is 2.40. The zero-order valence-electron chi connectivity index (χ0n) is 19.0. The number of ether oxygens (including phenoxy) is 3. The molecule has 0 aliphatic rings. The Bertz CT molecular complexity index is 1050. The molecule has 0 atom stereocenters. The third-order valence-corrected chi connectivity index (χ3v) is 5.10. The van der Waals surface area contributed by atoms with Crippen LogP contribution in [0.5, 0.6) is 17.2 Å². The lowest BCUT2D eigenvalue weighted by atomic mass is 10.0. The highest BCUT2D eigenvalue weighted by atomic mass is 16.5. The molecule has 1 aromatic heterocycles. The SMILES string of the molecule is CCCCCc1c(OCC)cc2oc(-c3ccccc3)c(OCC)c(=O)c2c1OCC. The van der Waals surface area contributed by atoms with Crippen molar-refractivity contribution < 1.29 is 18.6 Å². The lowest BCUT2D eigenvalue weighted by molar-refractivity contribution is 0.315. The minimum absolute atomic E-state index is 0.214.